The molecule has 0 amide bonds. The molecule has 0 saturated carbocycles. The van der Waals surface area contributed by atoms with Gasteiger partial charge in [-0.2, -0.15) is 9.78 Å². The average molecular weight is 473 g/mol. The molecule has 0 unspecified atom stereocenters. The number of carbonyl (C=O) groups is 1. The second-order valence-electron chi connectivity index (χ2n) is 8.07. The molecule has 2 heterocycles. The van der Waals surface area contributed by atoms with Crippen LogP contribution in [0.25, 0.3) is 27.9 Å². The van der Waals surface area contributed by atoms with Gasteiger partial charge in [-0.05, 0) is 48.9 Å². The molecule has 7 heteroatoms. The van der Waals surface area contributed by atoms with Gasteiger partial charge in [0.2, 0.25) is 0 Å². The molecule has 0 bridgehead atoms. The van der Waals surface area contributed by atoms with Crippen molar-refractivity contribution in [2.75, 3.05) is 6.61 Å². The number of aryl methyl sites for hydroxylation is 1. The number of fused-ring (bicyclic) bond motifs is 3. The molecule has 0 aromatic heterocycles. The van der Waals surface area contributed by atoms with E-state index in [0.29, 0.717) is 33.8 Å². The molecule has 0 radical (unpaired) electrons. The smallest absolute Gasteiger partial charge is 0.313 e. The van der Waals surface area contributed by atoms with Gasteiger partial charge in [0.25, 0.3) is 5.56 Å². The van der Waals surface area contributed by atoms with Gasteiger partial charge in [0, 0.05) is 16.8 Å². The minimum Gasteiger partial charge on any atom is -0.465 e. The Bertz CT molecular complexity index is 1500. The molecule has 0 aliphatic carbocycles. The molecule has 2 aliphatic rings. The van der Waals surface area contributed by atoms with Crippen molar-refractivity contribution in [2.45, 2.75) is 19.8 Å². The van der Waals surface area contributed by atoms with E-state index in [9.17, 15) is 9.59 Å². The van der Waals surface area contributed by atoms with Crippen molar-refractivity contribution in [3.63, 3.8) is 0 Å². The lowest BCUT2D eigenvalue weighted by molar-refractivity contribution is -0.143. The monoisotopic (exact) mass is 472 g/mol. The lowest BCUT2D eigenvalue weighted by Gasteiger charge is -2.10. The number of carbonyl (C=O) groups excluding carboxylic acids is 1. The van der Waals surface area contributed by atoms with Gasteiger partial charge >= 0.3 is 5.97 Å². The molecule has 34 heavy (non-hydrogen) atoms. The van der Waals surface area contributed by atoms with Gasteiger partial charge in [-0.25, -0.2) is 0 Å². The summed E-state index contributed by atoms with van der Waals surface area (Å²) >= 11 is 6.00. The number of halogens is 1. The third-order valence-electron chi connectivity index (χ3n) is 5.62. The first-order valence-electron chi connectivity index (χ1n) is 10.9. The topological polar surface area (TPSA) is 74.3 Å². The molecule has 0 fully saturated rings. The van der Waals surface area contributed by atoms with E-state index in [1.165, 1.54) is 4.68 Å². The Kier molecular flexibility index (Phi) is 5.90. The quantitative estimate of drug-likeness (QED) is 0.310. The third-order valence-corrected chi connectivity index (χ3v) is 5.87. The molecule has 3 aromatic carbocycles. The molecular formula is C27H21ClN2O4. The van der Waals surface area contributed by atoms with Gasteiger partial charge in [0.05, 0.1) is 12.3 Å². The van der Waals surface area contributed by atoms with E-state index in [2.05, 4.69) is 5.10 Å². The minimum atomic E-state index is -0.467. The molecule has 0 N–H and O–H groups in total. The Morgan fingerprint density at radius 2 is 1.82 bits per heavy atom. The lowest BCUT2D eigenvalue weighted by atomic mass is 10.0. The van der Waals surface area contributed by atoms with Gasteiger partial charge in [0.15, 0.2) is 0 Å². The summed E-state index contributed by atoms with van der Waals surface area (Å²) in [5.41, 5.74) is 3.59. The largest absolute Gasteiger partial charge is 0.465 e. The molecule has 5 rings (SSSR count). The van der Waals surface area contributed by atoms with Crippen molar-refractivity contribution in [1.29, 1.82) is 0 Å². The summed E-state index contributed by atoms with van der Waals surface area (Å²) in [4.78, 5) is 26.0. The Hall–Kier alpha value is -3.90. The third kappa shape index (κ3) is 4.32. The van der Waals surface area contributed by atoms with Crippen LogP contribution in [0, 0.1) is 6.92 Å². The highest BCUT2D eigenvalue weighted by Crippen LogP contribution is 2.32. The van der Waals surface area contributed by atoms with E-state index < -0.39 is 5.97 Å². The first-order chi connectivity index (χ1) is 16.5. The van der Waals surface area contributed by atoms with Gasteiger partial charge in [-0.3, -0.25) is 9.59 Å². The van der Waals surface area contributed by atoms with E-state index in [0.717, 1.165) is 11.1 Å². The lowest BCUT2D eigenvalue weighted by Crippen LogP contribution is -2.17. The van der Waals surface area contributed by atoms with Gasteiger partial charge in [-0.1, -0.05) is 53.6 Å². The fourth-order valence-corrected chi connectivity index (χ4v) is 4.06. The highest BCUT2D eigenvalue weighted by Gasteiger charge is 2.27. The van der Waals surface area contributed by atoms with Crippen molar-refractivity contribution >= 4 is 28.5 Å². The van der Waals surface area contributed by atoms with Crippen LogP contribution in [0.3, 0.4) is 0 Å². The van der Waals surface area contributed by atoms with Crippen molar-refractivity contribution in [3.8, 4) is 16.9 Å². The van der Waals surface area contributed by atoms with E-state index >= 15 is 0 Å². The van der Waals surface area contributed by atoms with Crippen molar-refractivity contribution < 1.29 is 13.9 Å². The number of rotatable bonds is 6. The molecule has 0 atom stereocenters. The van der Waals surface area contributed by atoms with Crippen LogP contribution in [-0.2, 0) is 22.4 Å². The summed E-state index contributed by atoms with van der Waals surface area (Å²) in [5, 5.41) is 5.87. The number of aromatic nitrogens is 2. The summed E-state index contributed by atoms with van der Waals surface area (Å²) in [6.07, 6.45) is 0.439. The zero-order chi connectivity index (χ0) is 23.7. The molecule has 0 saturated heterocycles. The summed E-state index contributed by atoms with van der Waals surface area (Å²) in [7, 11) is 0. The number of nitrogens with zero attached hydrogens (tertiary/aromatic N) is 2. The Balaban J connectivity index is 1.51. The second kappa shape index (κ2) is 9.15. The SMILES string of the molecule is Cc1ccc2oc(CC(=O)OCCc3ccccc3)c3c(=O)n(-c4ccc(Cl)cc4)nc-3c2c1. The normalized spacial score (nSPS) is 11.2. The Morgan fingerprint density at radius 3 is 2.59 bits per heavy atom. The number of esters is 1. The zero-order valence-corrected chi connectivity index (χ0v) is 19.2. The Morgan fingerprint density at radius 1 is 1.06 bits per heavy atom. The maximum Gasteiger partial charge on any atom is 0.313 e. The average Bonchev–Trinajstić information content (AvgIpc) is 3.18. The first-order valence-corrected chi connectivity index (χ1v) is 11.3. The van der Waals surface area contributed by atoms with Crippen LogP contribution >= 0.6 is 11.6 Å². The molecular weight excluding hydrogens is 452 g/mol. The first kappa shape index (κ1) is 21.9. The van der Waals surface area contributed by atoms with Crippen molar-refractivity contribution in [3.05, 3.63) is 105 Å². The van der Waals surface area contributed by atoms with Gasteiger partial charge in [0.1, 0.15) is 29.0 Å². The highest BCUT2D eigenvalue weighted by molar-refractivity contribution is 6.30. The highest BCUT2D eigenvalue weighted by atomic mass is 35.5. The van der Waals surface area contributed by atoms with Gasteiger partial charge < -0.3 is 9.15 Å². The standard InChI is InChI=1S/C27H21ClN2O4/c1-17-7-12-22-21(15-17)26-25(27(32)30(29-26)20-10-8-19(28)9-11-20)23(34-22)16-24(31)33-14-13-18-5-3-2-4-6-18/h2-12,15H,13-14,16H2,1H3. The van der Waals surface area contributed by atoms with Crippen LogP contribution in [0.1, 0.15) is 16.9 Å². The minimum absolute atomic E-state index is 0.170. The number of ether oxygens (including phenoxy) is 1. The predicted molar refractivity (Wildman–Crippen MR) is 131 cm³/mol. The van der Waals surface area contributed by atoms with Gasteiger partial charge in [-0.15, -0.1) is 0 Å². The number of hydrogen-bond donors (Lipinski definition) is 0. The van der Waals surface area contributed by atoms with E-state index in [1.54, 1.807) is 24.3 Å². The summed E-state index contributed by atoms with van der Waals surface area (Å²) in [6, 6.07) is 22.3. The predicted octanol–water partition coefficient (Wildman–Crippen LogP) is 5.37. The van der Waals surface area contributed by atoms with Crippen LogP contribution in [0.15, 0.2) is 82.0 Å². The number of benzene rings is 3. The maximum absolute atomic E-state index is 13.4. The van der Waals surface area contributed by atoms with E-state index in [-0.39, 0.29) is 29.9 Å². The molecule has 0 spiro atoms. The second-order valence-corrected chi connectivity index (χ2v) is 8.51. The summed E-state index contributed by atoms with van der Waals surface area (Å²) in [5.74, 6) is -0.229. The molecule has 2 aliphatic heterocycles. The molecule has 170 valence electrons. The fourth-order valence-electron chi connectivity index (χ4n) is 3.94. The van der Waals surface area contributed by atoms with Crippen LogP contribution in [0.5, 0.6) is 0 Å². The van der Waals surface area contributed by atoms with Crippen LogP contribution < -0.4 is 5.56 Å². The summed E-state index contributed by atoms with van der Waals surface area (Å²) < 4.78 is 12.8. The maximum atomic E-state index is 13.4. The molecule has 6 nitrogen and oxygen atoms in total. The Labute approximate surface area is 200 Å². The zero-order valence-electron chi connectivity index (χ0n) is 18.5. The van der Waals surface area contributed by atoms with Crippen LogP contribution in [-0.4, -0.2) is 22.4 Å². The fraction of sp³-hybridized carbons (Fsp3) is 0.148. The van der Waals surface area contributed by atoms with E-state index in [1.807, 2.05) is 55.5 Å². The molecule has 3 aromatic rings. The number of hydrogen-bond acceptors (Lipinski definition) is 5. The van der Waals surface area contributed by atoms with E-state index in [4.69, 9.17) is 20.8 Å². The van der Waals surface area contributed by atoms with Crippen molar-refractivity contribution in [2.24, 2.45) is 0 Å². The van der Waals surface area contributed by atoms with Crippen LogP contribution in [0.4, 0.5) is 0 Å². The van der Waals surface area contributed by atoms with Crippen LogP contribution in [0.2, 0.25) is 5.02 Å². The summed E-state index contributed by atoms with van der Waals surface area (Å²) in [6.45, 7) is 2.20. The van der Waals surface area contributed by atoms with Crippen molar-refractivity contribution in [1.82, 2.24) is 9.78 Å².